The van der Waals surface area contributed by atoms with Crippen LogP contribution in [0.25, 0.3) is 0 Å². The lowest BCUT2D eigenvalue weighted by Gasteiger charge is -2.19. The SMILES string of the molecule is COC(=O)N(C)c1ccccc1C(=O)OCC(=O)NC(=O)Nc1ccc2c(c1)OCCO2. The van der Waals surface area contributed by atoms with E-state index in [1.807, 2.05) is 0 Å². The van der Waals surface area contributed by atoms with Crippen LogP contribution in [0.15, 0.2) is 42.5 Å². The second-order valence-electron chi connectivity index (χ2n) is 6.48. The summed E-state index contributed by atoms with van der Waals surface area (Å²) in [7, 11) is 2.63. The summed E-state index contributed by atoms with van der Waals surface area (Å²) >= 11 is 0. The molecule has 0 radical (unpaired) electrons. The molecule has 0 atom stereocenters. The van der Waals surface area contributed by atoms with Crippen molar-refractivity contribution in [3.8, 4) is 11.5 Å². The van der Waals surface area contributed by atoms with Crippen molar-refractivity contribution in [2.24, 2.45) is 0 Å². The van der Waals surface area contributed by atoms with E-state index in [0.717, 1.165) is 4.90 Å². The van der Waals surface area contributed by atoms with Crippen LogP contribution < -0.4 is 25.0 Å². The Hall–Kier alpha value is -4.28. The summed E-state index contributed by atoms with van der Waals surface area (Å²) in [5.74, 6) is -0.654. The van der Waals surface area contributed by atoms with E-state index in [-0.39, 0.29) is 11.3 Å². The molecular weight excluding hydrogens is 422 g/mol. The third kappa shape index (κ3) is 5.45. The van der Waals surface area contributed by atoms with Gasteiger partial charge in [-0.2, -0.15) is 0 Å². The number of hydrogen-bond donors (Lipinski definition) is 2. The first-order chi connectivity index (χ1) is 15.4. The first kappa shape index (κ1) is 22.4. The Morgan fingerprint density at radius 2 is 1.75 bits per heavy atom. The zero-order valence-electron chi connectivity index (χ0n) is 17.4. The highest BCUT2D eigenvalue weighted by Crippen LogP contribution is 2.32. The molecule has 1 heterocycles. The van der Waals surface area contributed by atoms with Crippen LogP contribution in [-0.4, -0.2) is 58.0 Å². The first-order valence-corrected chi connectivity index (χ1v) is 9.47. The summed E-state index contributed by atoms with van der Waals surface area (Å²) < 4.78 is 20.4. The molecule has 32 heavy (non-hydrogen) atoms. The number of methoxy groups -OCH3 is 1. The summed E-state index contributed by atoms with van der Waals surface area (Å²) in [4.78, 5) is 49.3. The van der Waals surface area contributed by atoms with Gasteiger partial charge in [-0.1, -0.05) is 12.1 Å². The fraction of sp³-hybridized carbons (Fsp3) is 0.238. The number of esters is 1. The van der Waals surface area contributed by atoms with Crippen molar-refractivity contribution in [1.29, 1.82) is 0 Å². The van der Waals surface area contributed by atoms with Crippen LogP contribution in [0.2, 0.25) is 0 Å². The van der Waals surface area contributed by atoms with Gasteiger partial charge in [0.2, 0.25) is 0 Å². The summed E-state index contributed by atoms with van der Waals surface area (Å²) in [5.41, 5.74) is 0.673. The van der Waals surface area contributed by atoms with Gasteiger partial charge in [-0.15, -0.1) is 0 Å². The molecule has 0 saturated heterocycles. The van der Waals surface area contributed by atoms with Crippen LogP contribution in [0, 0.1) is 0 Å². The first-order valence-electron chi connectivity index (χ1n) is 9.47. The van der Waals surface area contributed by atoms with E-state index >= 15 is 0 Å². The number of rotatable bonds is 5. The number of para-hydroxylation sites is 1. The zero-order valence-corrected chi connectivity index (χ0v) is 17.4. The average molecular weight is 443 g/mol. The van der Waals surface area contributed by atoms with Crippen LogP contribution in [-0.2, 0) is 14.3 Å². The van der Waals surface area contributed by atoms with E-state index < -0.39 is 30.6 Å². The van der Waals surface area contributed by atoms with Crippen molar-refractivity contribution in [2.45, 2.75) is 0 Å². The number of benzene rings is 2. The van der Waals surface area contributed by atoms with Crippen LogP contribution in [0.3, 0.4) is 0 Å². The molecule has 11 heteroatoms. The third-order valence-electron chi connectivity index (χ3n) is 4.32. The van der Waals surface area contributed by atoms with Crippen molar-refractivity contribution in [1.82, 2.24) is 5.32 Å². The summed E-state index contributed by atoms with van der Waals surface area (Å²) in [6.07, 6.45) is -0.682. The molecule has 0 unspecified atom stereocenters. The van der Waals surface area contributed by atoms with E-state index in [1.54, 1.807) is 30.3 Å². The van der Waals surface area contributed by atoms with Crippen molar-refractivity contribution in [3.63, 3.8) is 0 Å². The van der Waals surface area contributed by atoms with Crippen LogP contribution in [0.4, 0.5) is 21.0 Å². The predicted molar refractivity (Wildman–Crippen MR) is 112 cm³/mol. The average Bonchev–Trinajstić information content (AvgIpc) is 2.81. The lowest BCUT2D eigenvalue weighted by Crippen LogP contribution is -2.37. The predicted octanol–water partition coefficient (Wildman–Crippen LogP) is 2.17. The minimum Gasteiger partial charge on any atom is -0.486 e. The highest BCUT2D eigenvalue weighted by atomic mass is 16.6. The molecule has 2 aromatic rings. The second-order valence-corrected chi connectivity index (χ2v) is 6.48. The van der Waals surface area contributed by atoms with E-state index in [9.17, 15) is 19.2 Å². The Kier molecular flexibility index (Phi) is 7.11. The van der Waals surface area contributed by atoms with Gasteiger partial charge in [-0.25, -0.2) is 14.4 Å². The lowest BCUT2D eigenvalue weighted by molar-refractivity contribution is -0.123. The number of carbonyl (C=O) groups is 4. The molecule has 1 aliphatic heterocycles. The Labute approximate surface area is 183 Å². The van der Waals surface area contributed by atoms with Gasteiger partial charge in [0.05, 0.1) is 18.4 Å². The van der Waals surface area contributed by atoms with Crippen LogP contribution in [0.1, 0.15) is 10.4 Å². The van der Waals surface area contributed by atoms with Gasteiger partial charge in [0.25, 0.3) is 5.91 Å². The topological polar surface area (TPSA) is 132 Å². The molecule has 2 N–H and O–H groups in total. The van der Waals surface area contributed by atoms with Crippen LogP contribution in [0.5, 0.6) is 11.5 Å². The summed E-state index contributed by atoms with van der Waals surface area (Å²) in [5, 5.41) is 4.54. The number of hydrogen-bond acceptors (Lipinski definition) is 8. The normalized spacial score (nSPS) is 11.7. The van der Waals surface area contributed by atoms with E-state index in [2.05, 4.69) is 15.4 Å². The molecular formula is C21H21N3O8. The maximum absolute atomic E-state index is 12.4. The summed E-state index contributed by atoms with van der Waals surface area (Å²) in [6, 6.07) is 10.1. The van der Waals surface area contributed by atoms with Crippen LogP contribution >= 0.6 is 0 Å². The Morgan fingerprint density at radius 1 is 1.03 bits per heavy atom. The maximum Gasteiger partial charge on any atom is 0.413 e. The summed E-state index contributed by atoms with van der Waals surface area (Å²) in [6.45, 7) is 0.131. The van der Waals surface area contributed by atoms with Crippen molar-refractivity contribution in [3.05, 3.63) is 48.0 Å². The molecule has 1 aliphatic rings. The highest BCUT2D eigenvalue weighted by Gasteiger charge is 2.21. The highest BCUT2D eigenvalue weighted by molar-refractivity contribution is 6.04. The monoisotopic (exact) mass is 443 g/mol. The minimum absolute atomic E-state index is 0.0499. The number of nitrogens with zero attached hydrogens (tertiary/aromatic N) is 1. The third-order valence-corrected chi connectivity index (χ3v) is 4.32. The van der Waals surface area contributed by atoms with E-state index in [0.29, 0.717) is 30.4 Å². The van der Waals surface area contributed by atoms with Crippen molar-refractivity contribution < 1.29 is 38.1 Å². The lowest BCUT2D eigenvalue weighted by atomic mass is 10.1. The number of nitrogens with one attached hydrogen (secondary N) is 2. The minimum atomic E-state index is -0.848. The van der Waals surface area contributed by atoms with E-state index in [1.165, 1.54) is 26.3 Å². The smallest absolute Gasteiger partial charge is 0.413 e. The van der Waals surface area contributed by atoms with E-state index in [4.69, 9.17) is 14.2 Å². The molecule has 0 aromatic heterocycles. The number of anilines is 2. The molecule has 4 amide bonds. The molecule has 0 bridgehead atoms. The standard InChI is InChI=1S/C21H21N3O8/c1-24(21(28)29-2)15-6-4-3-5-14(15)19(26)32-12-18(25)23-20(27)22-13-7-8-16-17(11-13)31-10-9-30-16/h3-8,11H,9-10,12H2,1-2H3,(H2,22,23,25,27). The molecule has 0 saturated carbocycles. The number of urea groups is 1. The van der Waals surface area contributed by atoms with Gasteiger partial charge >= 0.3 is 18.1 Å². The number of carbonyl (C=O) groups excluding carboxylic acids is 4. The second kappa shape index (κ2) is 10.2. The molecule has 2 aromatic carbocycles. The van der Waals surface area contributed by atoms with Crippen molar-refractivity contribution in [2.75, 3.05) is 44.2 Å². The molecule has 0 fully saturated rings. The zero-order chi connectivity index (χ0) is 23.1. The fourth-order valence-electron chi connectivity index (χ4n) is 2.83. The van der Waals surface area contributed by atoms with Gasteiger partial charge < -0.3 is 24.3 Å². The Morgan fingerprint density at radius 3 is 2.50 bits per heavy atom. The maximum atomic E-state index is 12.4. The Bertz CT molecular complexity index is 1040. The molecule has 0 spiro atoms. The Balaban J connectivity index is 1.53. The van der Waals surface area contributed by atoms with Gasteiger partial charge in [-0.05, 0) is 24.3 Å². The number of ether oxygens (including phenoxy) is 4. The molecule has 11 nitrogen and oxygen atoms in total. The fourth-order valence-corrected chi connectivity index (χ4v) is 2.83. The number of imide groups is 1. The number of fused-ring (bicyclic) bond motifs is 1. The van der Waals surface area contributed by atoms with Gasteiger partial charge in [-0.3, -0.25) is 15.0 Å². The molecule has 3 rings (SSSR count). The largest absolute Gasteiger partial charge is 0.486 e. The van der Waals surface area contributed by atoms with Gasteiger partial charge in [0.1, 0.15) is 13.2 Å². The van der Waals surface area contributed by atoms with Gasteiger partial charge in [0.15, 0.2) is 18.1 Å². The quantitative estimate of drug-likeness (QED) is 0.672. The number of amides is 4. The molecule has 168 valence electrons. The van der Waals surface area contributed by atoms with Crippen molar-refractivity contribution >= 4 is 35.4 Å². The molecule has 0 aliphatic carbocycles. The van der Waals surface area contributed by atoms with Gasteiger partial charge in [0, 0.05) is 18.8 Å².